The molecule has 1 aliphatic rings. The molecule has 0 radical (unpaired) electrons. The van der Waals surface area contributed by atoms with Crippen LogP contribution in [0.15, 0.2) is 4.52 Å². The fraction of sp³-hybridized carbons (Fsp3) is 0.867. The lowest BCUT2D eigenvalue weighted by Crippen LogP contribution is -2.36. The Labute approximate surface area is 131 Å². The molecule has 5 nitrogen and oxygen atoms in total. The molecule has 21 heavy (non-hydrogen) atoms. The van der Waals surface area contributed by atoms with E-state index in [-0.39, 0.29) is 11.6 Å². The summed E-state index contributed by atoms with van der Waals surface area (Å²) in [6.07, 6.45) is 7.22. The van der Waals surface area contributed by atoms with Crippen LogP contribution in [0.2, 0.25) is 0 Å². The molecule has 120 valence electrons. The van der Waals surface area contributed by atoms with E-state index in [1.165, 1.54) is 6.42 Å². The van der Waals surface area contributed by atoms with Crippen molar-refractivity contribution >= 4 is 11.8 Å². The van der Waals surface area contributed by atoms with E-state index >= 15 is 0 Å². The molecule has 2 rings (SSSR count). The lowest BCUT2D eigenvalue weighted by Gasteiger charge is -2.37. The van der Waals surface area contributed by atoms with Gasteiger partial charge in [-0.3, -0.25) is 0 Å². The van der Waals surface area contributed by atoms with Gasteiger partial charge in [-0.15, -0.1) is 0 Å². The summed E-state index contributed by atoms with van der Waals surface area (Å²) < 4.78 is 11.5. The molecule has 1 aromatic heterocycles. The van der Waals surface area contributed by atoms with Gasteiger partial charge in [-0.05, 0) is 50.5 Å². The molecule has 1 saturated carbocycles. The smallest absolute Gasteiger partial charge is 0.243 e. The van der Waals surface area contributed by atoms with Gasteiger partial charge in [-0.1, -0.05) is 18.5 Å². The van der Waals surface area contributed by atoms with Crippen LogP contribution in [0.25, 0.3) is 0 Å². The molecule has 1 aliphatic carbocycles. The third kappa shape index (κ3) is 3.99. The van der Waals surface area contributed by atoms with E-state index in [9.17, 15) is 0 Å². The van der Waals surface area contributed by atoms with Crippen LogP contribution in [0.4, 0.5) is 0 Å². The van der Waals surface area contributed by atoms with Crippen molar-refractivity contribution < 1.29 is 9.26 Å². The van der Waals surface area contributed by atoms with Gasteiger partial charge in [0.05, 0.1) is 6.04 Å². The normalized spacial score (nSPS) is 27.7. The molecule has 1 heterocycles. The van der Waals surface area contributed by atoms with Crippen molar-refractivity contribution in [2.45, 2.75) is 57.6 Å². The predicted molar refractivity (Wildman–Crippen MR) is 85.2 cm³/mol. The summed E-state index contributed by atoms with van der Waals surface area (Å²) in [6.45, 7) is 4.94. The van der Waals surface area contributed by atoms with Crippen molar-refractivity contribution in [3.8, 4) is 0 Å². The first kappa shape index (κ1) is 16.8. The van der Waals surface area contributed by atoms with Gasteiger partial charge in [-0.25, -0.2) is 0 Å². The molecule has 2 N–H and O–H groups in total. The summed E-state index contributed by atoms with van der Waals surface area (Å²) in [5, 5.41) is 4.20. The molecule has 1 aromatic rings. The van der Waals surface area contributed by atoms with Crippen molar-refractivity contribution in [1.29, 1.82) is 0 Å². The van der Waals surface area contributed by atoms with Crippen LogP contribution in [0.5, 0.6) is 0 Å². The molecule has 0 bridgehead atoms. The van der Waals surface area contributed by atoms with Crippen molar-refractivity contribution in [2.75, 3.05) is 18.6 Å². The average molecular weight is 313 g/mol. The maximum absolute atomic E-state index is 6.12. The molecule has 0 aliphatic heterocycles. The Hall–Kier alpha value is -0.590. The quantitative estimate of drug-likeness (QED) is 0.833. The van der Waals surface area contributed by atoms with Crippen LogP contribution in [0.1, 0.15) is 63.7 Å². The Bertz CT molecular complexity index is 436. The summed E-state index contributed by atoms with van der Waals surface area (Å²) in [4.78, 5) is 4.57. The van der Waals surface area contributed by atoms with Crippen molar-refractivity contribution in [2.24, 2.45) is 11.7 Å². The summed E-state index contributed by atoms with van der Waals surface area (Å²) in [7, 11) is 0. The number of thioether (sulfide) groups is 1. The third-order valence-electron chi connectivity index (χ3n) is 4.18. The Kier molecular flexibility index (Phi) is 6.08. The Balaban J connectivity index is 2.16. The van der Waals surface area contributed by atoms with Crippen LogP contribution < -0.4 is 5.73 Å². The van der Waals surface area contributed by atoms with Crippen molar-refractivity contribution in [3.63, 3.8) is 0 Å². The summed E-state index contributed by atoms with van der Waals surface area (Å²) in [6, 6.07) is -0.182. The molecule has 1 fully saturated rings. The second-order valence-electron chi connectivity index (χ2n) is 5.97. The number of nitrogens with two attached hydrogens (primary N) is 1. The van der Waals surface area contributed by atoms with E-state index in [4.69, 9.17) is 15.0 Å². The number of nitrogens with zero attached hydrogens (tertiary/aromatic N) is 2. The second kappa shape index (κ2) is 7.61. The number of ether oxygens (including phenoxy) is 1. The van der Waals surface area contributed by atoms with E-state index in [2.05, 4.69) is 23.3 Å². The third-order valence-corrected chi connectivity index (χ3v) is 4.82. The van der Waals surface area contributed by atoms with E-state index in [0.717, 1.165) is 31.4 Å². The molecule has 0 amide bonds. The van der Waals surface area contributed by atoms with Gasteiger partial charge in [0.2, 0.25) is 11.7 Å². The largest absolute Gasteiger partial charge is 0.367 e. The van der Waals surface area contributed by atoms with Gasteiger partial charge in [-0.2, -0.15) is 16.7 Å². The van der Waals surface area contributed by atoms with Crippen molar-refractivity contribution in [3.05, 3.63) is 11.7 Å². The predicted octanol–water partition coefficient (Wildman–Crippen LogP) is 3.26. The first-order valence-electron chi connectivity index (χ1n) is 7.84. The Morgan fingerprint density at radius 1 is 1.57 bits per heavy atom. The zero-order chi connectivity index (χ0) is 15.3. The van der Waals surface area contributed by atoms with Crippen LogP contribution in [0, 0.1) is 5.92 Å². The molecule has 0 spiro atoms. The average Bonchev–Trinajstić information content (AvgIpc) is 2.95. The molecular weight excluding hydrogens is 286 g/mol. The zero-order valence-electron chi connectivity index (χ0n) is 13.3. The fourth-order valence-electron chi connectivity index (χ4n) is 3.12. The monoisotopic (exact) mass is 313 g/mol. The van der Waals surface area contributed by atoms with Gasteiger partial charge >= 0.3 is 0 Å². The maximum atomic E-state index is 6.12. The van der Waals surface area contributed by atoms with Crippen LogP contribution >= 0.6 is 11.8 Å². The van der Waals surface area contributed by atoms with Crippen molar-refractivity contribution in [1.82, 2.24) is 10.1 Å². The number of hydrogen-bond acceptors (Lipinski definition) is 6. The maximum Gasteiger partial charge on any atom is 0.243 e. The highest BCUT2D eigenvalue weighted by atomic mass is 32.2. The highest BCUT2D eigenvalue weighted by molar-refractivity contribution is 7.98. The minimum Gasteiger partial charge on any atom is -0.367 e. The molecule has 2 unspecified atom stereocenters. The lowest BCUT2D eigenvalue weighted by molar-refractivity contribution is -0.0891. The number of hydrogen-bond donors (Lipinski definition) is 1. The summed E-state index contributed by atoms with van der Waals surface area (Å²) >= 11 is 1.77. The highest BCUT2D eigenvalue weighted by Gasteiger charge is 2.41. The first-order valence-corrected chi connectivity index (χ1v) is 9.23. The molecule has 6 heteroatoms. The van der Waals surface area contributed by atoms with Gasteiger partial charge in [0, 0.05) is 6.61 Å². The summed E-state index contributed by atoms with van der Waals surface area (Å²) in [5.41, 5.74) is 5.74. The topological polar surface area (TPSA) is 74.2 Å². The van der Waals surface area contributed by atoms with Gasteiger partial charge in [0.15, 0.2) is 0 Å². The first-order chi connectivity index (χ1) is 10.1. The molecule has 0 aromatic carbocycles. The second-order valence-corrected chi connectivity index (χ2v) is 6.96. The van der Waals surface area contributed by atoms with Gasteiger partial charge < -0.3 is 15.0 Å². The SMILES string of the molecule is CCOC1(c2noc([C@@H](N)CCSC)n2)CCCC(C)C1. The molecule has 0 saturated heterocycles. The Morgan fingerprint density at radius 3 is 3.05 bits per heavy atom. The van der Waals surface area contributed by atoms with E-state index in [0.29, 0.717) is 24.2 Å². The molecular formula is C15H27N3O2S. The van der Waals surface area contributed by atoms with E-state index in [1.807, 2.05) is 6.92 Å². The zero-order valence-corrected chi connectivity index (χ0v) is 14.1. The highest BCUT2D eigenvalue weighted by Crippen LogP contribution is 2.41. The number of aromatic nitrogens is 2. The molecule has 3 atom stereocenters. The minimum absolute atomic E-state index is 0.182. The van der Waals surface area contributed by atoms with Gasteiger partial charge in [0.1, 0.15) is 5.60 Å². The van der Waals surface area contributed by atoms with E-state index < -0.39 is 0 Å². The summed E-state index contributed by atoms with van der Waals surface area (Å²) in [5.74, 6) is 2.84. The van der Waals surface area contributed by atoms with E-state index in [1.54, 1.807) is 11.8 Å². The standard InChI is InChI=1S/C15H27N3O2S/c1-4-19-15(8-5-6-11(2)10-15)14-17-13(20-18-14)12(16)7-9-21-3/h11-12H,4-10,16H2,1-3H3/t11?,12-,15?/m0/s1. The van der Waals surface area contributed by atoms with Gasteiger partial charge in [0.25, 0.3) is 0 Å². The van der Waals surface area contributed by atoms with Crippen LogP contribution in [-0.4, -0.2) is 28.8 Å². The lowest BCUT2D eigenvalue weighted by atomic mass is 9.78. The minimum atomic E-state index is -0.382. The van der Waals surface area contributed by atoms with Crippen LogP contribution in [-0.2, 0) is 10.3 Å². The van der Waals surface area contributed by atoms with Crippen LogP contribution in [0.3, 0.4) is 0 Å². The Morgan fingerprint density at radius 2 is 2.38 bits per heavy atom. The fourth-order valence-corrected chi connectivity index (χ4v) is 3.61. The number of rotatable bonds is 7.